The zero-order valence-electron chi connectivity index (χ0n) is 7.90. The van der Waals surface area contributed by atoms with Crippen LogP contribution < -0.4 is 5.73 Å². The molecule has 0 aromatic carbocycles. The van der Waals surface area contributed by atoms with Crippen molar-refractivity contribution in [3.05, 3.63) is 29.7 Å². The normalized spacial score (nSPS) is 13.4. The number of aliphatic hydroxyl groups excluding tert-OH is 1. The molecule has 0 aliphatic heterocycles. The van der Waals surface area contributed by atoms with Crippen molar-refractivity contribution < 1.29 is 9.52 Å². The first-order chi connectivity index (χ1) is 6.70. The van der Waals surface area contributed by atoms with Crippen molar-refractivity contribution in [1.29, 1.82) is 0 Å². The Labute approximate surface area is 81.4 Å². The van der Waals surface area contributed by atoms with Gasteiger partial charge in [-0.25, -0.2) is 4.98 Å². The van der Waals surface area contributed by atoms with Gasteiger partial charge in [-0.1, -0.05) is 0 Å². The van der Waals surface area contributed by atoms with Crippen LogP contribution in [0, 0.1) is 0 Å². The van der Waals surface area contributed by atoms with E-state index in [1.165, 1.54) is 0 Å². The molecule has 0 bridgehead atoms. The van der Waals surface area contributed by atoms with E-state index in [2.05, 4.69) is 4.98 Å². The van der Waals surface area contributed by atoms with Crippen LogP contribution in [0.1, 0.15) is 24.3 Å². The maximum absolute atomic E-state index is 8.87. The molecule has 4 nitrogen and oxygen atoms in total. The molecule has 14 heavy (non-hydrogen) atoms. The minimum absolute atomic E-state index is 0.0422. The molecule has 0 radical (unpaired) electrons. The molecule has 2 rings (SSSR count). The van der Waals surface area contributed by atoms with E-state index in [0.717, 1.165) is 10.9 Å². The largest absolute Gasteiger partial charge is 0.440 e. The first-order valence-electron chi connectivity index (χ1n) is 4.45. The topological polar surface area (TPSA) is 72.3 Å². The minimum Gasteiger partial charge on any atom is -0.440 e. The van der Waals surface area contributed by atoms with Crippen molar-refractivity contribution in [2.45, 2.75) is 19.6 Å². The summed E-state index contributed by atoms with van der Waals surface area (Å²) in [5.41, 5.74) is 7.23. The van der Waals surface area contributed by atoms with Crippen molar-refractivity contribution in [2.24, 2.45) is 5.73 Å². The highest BCUT2D eigenvalue weighted by atomic mass is 16.4. The summed E-state index contributed by atoms with van der Waals surface area (Å²) in [6, 6.07) is 3.66. The zero-order chi connectivity index (χ0) is 10.1. The number of aliphatic hydroxyl groups is 1. The molecule has 74 valence electrons. The van der Waals surface area contributed by atoms with Crippen LogP contribution in [-0.4, -0.2) is 10.1 Å². The summed E-state index contributed by atoms with van der Waals surface area (Å²) in [6.07, 6.45) is 1.69. The van der Waals surface area contributed by atoms with Gasteiger partial charge >= 0.3 is 0 Å². The molecule has 0 aliphatic carbocycles. The lowest BCUT2D eigenvalue weighted by Crippen LogP contribution is -2.04. The van der Waals surface area contributed by atoms with Crippen molar-refractivity contribution in [3.63, 3.8) is 0 Å². The monoisotopic (exact) mass is 192 g/mol. The molecule has 4 heteroatoms. The molecular formula is C10H12N2O2. The highest BCUT2D eigenvalue weighted by Gasteiger charge is 2.06. The second-order valence-corrected chi connectivity index (χ2v) is 3.32. The van der Waals surface area contributed by atoms with Crippen LogP contribution in [0.25, 0.3) is 11.1 Å². The van der Waals surface area contributed by atoms with Crippen LogP contribution in [-0.2, 0) is 6.61 Å². The summed E-state index contributed by atoms with van der Waals surface area (Å²) >= 11 is 0. The second-order valence-electron chi connectivity index (χ2n) is 3.32. The number of rotatable bonds is 2. The third kappa shape index (κ3) is 1.49. The lowest BCUT2D eigenvalue weighted by atomic mass is 10.1. The summed E-state index contributed by atoms with van der Waals surface area (Å²) in [5, 5.41) is 9.75. The van der Waals surface area contributed by atoms with E-state index >= 15 is 0 Å². The Hall–Kier alpha value is -1.39. The Morgan fingerprint density at radius 1 is 1.57 bits per heavy atom. The van der Waals surface area contributed by atoms with E-state index < -0.39 is 0 Å². The minimum atomic E-state index is -0.107. The van der Waals surface area contributed by atoms with Gasteiger partial charge in [0.2, 0.25) is 5.71 Å². The van der Waals surface area contributed by atoms with Crippen LogP contribution >= 0.6 is 0 Å². The van der Waals surface area contributed by atoms with Crippen LogP contribution in [0.2, 0.25) is 0 Å². The van der Waals surface area contributed by atoms with E-state index in [0.29, 0.717) is 11.5 Å². The van der Waals surface area contributed by atoms with Crippen LogP contribution in [0.15, 0.2) is 22.7 Å². The highest BCUT2D eigenvalue weighted by molar-refractivity contribution is 5.74. The molecule has 0 aliphatic rings. The number of hydrogen-bond donors (Lipinski definition) is 2. The van der Waals surface area contributed by atoms with Gasteiger partial charge in [-0.3, -0.25) is 0 Å². The first kappa shape index (κ1) is 9.18. The van der Waals surface area contributed by atoms with Gasteiger partial charge in [0.25, 0.3) is 0 Å². The SMILES string of the molecule is C[C@@H](N)c1cnc2oc(CO)cc2c1. The summed E-state index contributed by atoms with van der Waals surface area (Å²) in [5.74, 6) is 0.523. The van der Waals surface area contributed by atoms with Crippen LogP contribution in [0.5, 0.6) is 0 Å². The summed E-state index contributed by atoms with van der Waals surface area (Å²) in [6.45, 7) is 1.79. The zero-order valence-corrected chi connectivity index (χ0v) is 7.90. The lowest BCUT2D eigenvalue weighted by molar-refractivity contribution is 0.250. The number of nitrogens with two attached hydrogens (primary N) is 1. The molecule has 0 amide bonds. The van der Waals surface area contributed by atoms with Crippen molar-refractivity contribution in [2.75, 3.05) is 0 Å². The van der Waals surface area contributed by atoms with E-state index in [-0.39, 0.29) is 12.6 Å². The van der Waals surface area contributed by atoms with Crippen LogP contribution in [0.4, 0.5) is 0 Å². The third-order valence-corrected chi connectivity index (χ3v) is 2.13. The number of pyridine rings is 1. The molecule has 2 aromatic rings. The van der Waals surface area contributed by atoms with Gasteiger partial charge in [-0.05, 0) is 24.6 Å². The third-order valence-electron chi connectivity index (χ3n) is 2.13. The standard InChI is InChI=1S/C10H12N2O2/c1-6(11)8-2-7-3-9(5-13)14-10(7)12-4-8/h2-4,6,13H,5,11H2,1H3/t6-/m1/s1. The predicted octanol–water partition coefficient (Wildman–Crippen LogP) is 1.34. The number of aromatic nitrogens is 1. The Kier molecular flexibility index (Phi) is 2.23. The van der Waals surface area contributed by atoms with Gasteiger partial charge in [0, 0.05) is 17.6 Å². The molecule has 1 atom stereocenters. The van der Waals surface area contributed by atoms with Gasteiger partial charge in [-0.2, -0.15) is 0 Å². The molecule has 2 aromatic heterocycles. The maximum Gasteiger partial charge on any atom is 0.226 e. The number of fused-ring (bicyclic) bond motifs is 1. The number of hydrogen-bond acceptors (Lipinski definition) is 4. The fourth-order valence-corrected chi connectivity index (χ4v) is 1.33. The molecule has 0 fully saturated rings. The summed E-state index contributed by atoms with van der Waals surface area (Å²) in [4.78, 5) is 4.11. The first-order valence-corrected chi connectivity index (χ1v) is 4.45. The Morgan fingerprint density at radius 3 is 3.00 bits per heavy atom. The van der Waals surface area contributed by atoms with Gasteiger partial charge in [0.15, 0.2) is 0 Å². The van der Waals surface area contributed by atoms with E-state index in [1.807, 2.05) is 13.0 Å². The molecule has 0 spiro atoms. The molecule has 3 N–H and O–H groups in total. The number of furan rings is 1. The Morgan fingerprint density at radius 2 is 2.36 bits per heavy atom. The van der Waals surface area contributed by atoms with E-state index in [4.69, 9.17) is 15.3 Å². The number of nitrogens with zero attached hydrogens (tertiary/aromatic N) is 1. The molecule has 0 saturated heterocycles. The highest BCUT2D eigenvalue weighted by Crippen LogP contribution is 2.20. The average Bonchev–Trinajstić information content (AvgIpc) is 2.58. The van der Waals surface area contributed by atoms with Crippen molar-refractivity contribution in [1.82, 2.24) is 4.98 Å². The average molecular weight is 192 g/mol. The molecule has 2 heterocycles. The maximum atomic E-state index is 8.87. The van der Waals surface area contributed by atoms with E-state index in [9.17, 15) is 0 Å². The Balaban J connectivity index is 2.54. The van der Waals surface area contributed by atoms with Crippen LogP contribution in [0.3, 0.4) is 0 Å². The fourth-order valence-electron chi connectivity index (χ4n) is 1.33. The van der Waals surface area contributed by atoms with Crippen molar-refractivity contribution >= 4 is 11.1 Å². The molecule has 0 unspecified atom stereocenters. The van der Waals surface area contributed by atoms with Gasteiger partial charge in [0.1, 0.15) is 12.4 Å². The van der Waals surface area contributed by atoms with Gasteiger partial charge < -0.3 is 15.3 Å². The van der Waals surface area contributed by atoms with Gasteiger partial charge in [0.05, 0.1) is 0 Å². The lowest BCUT2D eigenvalue weighted by Gasteiger charge is -2.02. The fraction of sp³-hybridized carbons (Fsp3) is 0.300. The van der Waals surface area contributed by atoms with Crippen molar-refractivity contribution in [3.8, 4) is 0 Å². The molecular weight excluding hydrogens is 180 g/mol. The van der Waals surface area contributed by atoms with Gasteiger partial charge in [-0.15, -0.1) is 0 Å². The quantitative estimate of drug-likeness (QED) is 0.753. The predicted molar refractivity (Wildman–Crippen MR) is 52.5 cm³/mol. The Bertz CT molecular complexity index is 448. The summed E-state index contributed by atoms with van der Waals surface area (Å²) < 4.78 is 5.25. The second kappa shape index (κ2) is 3.40. The smallest absolute Gasteiger partial charge is 0.226 e. The van der Waals surface area contributed by atoms with E-state index in [1.54, 1.807) is 12.3 Å². The molecule has 0 saturated carbocycles. The summed E-state index contributed by atoms with van der Waals surface area (Å²) in [7, 11) is 0.